The Labute approximate surface area is 207 Å². The minimum atomic E-state index is -1.06. The Kier molecular flexibility index (Phi) is 9.26. The van der Waals surface area contributed by atoms with Crippen LogP contribution in [0.15, 0.2) is 91.0 Å². The number of amides is 1. The zero-order valence-electron chi connectivity index (χ0n) is 18.2. The lowest BCUT2D eigenvalue weighted by atomic mass is 10.1. The van der Waals surface area contributed by atoms with Gasteiger partial charge in [0.2, 0.25) is 5.91 Å². The van der Waals surface area contributed by atoms with Gasteiger partial charge in [0.1, 0.15) is 0 Å². The molecule has 1 amide bonds. The Hall–Kier alpha value is -3.61. The van der Waals surface area contributed by atoms with Crippen molar-refractivity contribution in [1.82, 2.24) is 15.1 Å². The molecule has 0 radical (unpaired) electrons. The van der Waals surface area contributed by atoms with E-state index >= 15 is 0 Å². The highest BCUT2D eigenvalue weighted by Crippen LogP contribution is 2.24. The van der Waals surface area contributed by atoms with Crippen LogP contribution >= 0.6 is 23.2 Å². The third-order valence-electron chi connectivity index (χ3n) is 4.72. The molecule has 0 saturated heterocycles. The molecule has 0 aliphatic rings. The number of nitrogens with zero attached hydrogens (tertiary/aromatic N) is 2. The molecule has 0 fully saturated rings. The van der Waals surface area contributed by atoms with Crippen molar-refractivity contribution in [3.63, 3.8) is 0 Å². The minimum Gasteiger partial charge on any atom is -0.476 e. The van der Waals surface area contributed by atoms with Crippen molar-refractivity contribution in [2.45, 2.75) is 13.0 Å². The van der Waals surface area contributed by atoms with Crippen LogP contribution in [0.2, 0.25) is 5.02 Å². The van der Waals surface area contributed by atoms with Crippen LogP contribution in [0.1, 0.15) is 22.5 Å². The zero-order chi connectivity index (χ0) is 24.3. The Bertz CT molecular complexity index is 1210. The molecule has 1 heterocycles. The first kappa shape index (κ1) is 25.0. The molecule has 4 aromatic rings. The average molecular weight is 496 g/mol. The van der Waals surface area contributed by atoms with Crippen molar-refractivity contribution < 1.29 is 14.7 Å². The van der Waals surface area contributed by atoms with Gasteiger partial charge in [0, 0.05) is 29.4 Å². The number of aromatic carboxylic acids is 1. The summed E-state index contributed by atoms with van der Waals surface area (Å²) in [4.78, 5) is 22.2. The maximum absolute atomic E-state index is 11.2. The second kappa shape index (κ2) is 12.6. The van der Waals surface area contributed by atoms with Crippen molar-refractivity contribution in [1.29, 1.82) is 0 Å². The van der Waals surface area contributed by atoms with Crippen molar-refractivity contribution >= 4 is 35.1 Å². The highest BCUT2D eigenvalue weighted by molar-refractivity contribution is 6.30. The summed E-state index contributed by atoms with van der Waals surface area (Å²) in [7, 11) is 0. The normalized spacial score (nSPS) is 10.2. The molecule has 0 aliphatic carbocycles. The lowest BCUT2D eigenvalue weighted by Gasteiger charge is -2.07. The van der Waals surface area contributed by atoms with Crippen LogP contribution in [0.4, 0.5) is 0 Å². The summed E-state index contributed by atoms with van der Waals surface area (Å²) in [6.07, 6.45) is 0.383. The molecule has 3 aromatic carbocycles. The van der Waals surface area contributed by atoms with Gasteiger partial charge in [-0.2, -0.15) is 5.10 Å². The number of carbonyl (C=O) groups is 2. The number of carboxylic acids is 1. The van der Waals surface area contributed by atoms with Crippen molar-refractivity contribution in [2.75, 3.05) is 5.88 Å². The van der Waals surface area contributed by atoms with Gasteiger partial charge in [-0.05, 0) is 35.9 Å². The molecule has 0 bridgehead atoms. The quantitative estimate of drug-likeness (QED) is 0.316. The fourth-order valence-electron chi connectivity index (χ4n) is 3.05. The number of alkyl halides is 1. The first-order chi connectivity index (χ1) is 16.5. The van der Waals surface area contributed by atoms with E-state index in [-0.39, 0.29) is 11.6 Å². The van der Waals surface area contributed by atoms with Gasteiger partial charge in [-0.1, -0.05) is 72.3 Å². The van der Waals surface area contributed by atoms with Gasteiger partial charge in [0.25, 0.3) is 0 Å². The second-order valence-corrected chi connectivity index (χ2v) is 7.99. The smallest absolute Gasteiger partial charge is 0.356 e. The fourth-order valence-corrected chi connectivity index (χ4v) is 3.35. The summed E-state index contributed by atoms with van der Waals surface area (Å²) in [5, 5.41) is 16.7. The van der Waals surface area contributed by atoms with Crippen LogP contribution in [0.3, 0.4) is 0 Å². The molecule has 0 aliphatic heterocycles. The van der Waals surface area contributed by atoms with Crippen molar-refractivity contribution in [2.24, 2.45) is 0 Å². The summed E-state index contributed by atoms with van der Waals surface area (Å²) in [6, 6.07) is 28.0. The number of carboxylic acid groups (broad SMARTS) is 1. The van der Waals surface area contributed by atoms with Crippen LogP contribution in [0.25, 0.3) is 16.9 Å². The molecule has 174 valence electrons. The lowest BCUT2D eigenvalue weighted by molar-refractivity contribution is -0.120. The maximum Gasteiger partial charge on any atom is 0.356 e. The molecular formula is C26H23Cl2N3O3. The van der Waals surface area contributed by atoms with Crippen LogP contribution in [-0.2, 0) is 11.3 Å². The van der Waals surface area contributed by atoms with Gasteiger partial charge >= 0.3 is 5.97 Å². The third kappa shape index (κ3) is 7.20. The van der Waals surface area contributed by atoms with E-state index in [1.807, 2.05) is 60.7 Å². The van der Waals surface area contributed by atoms with E-state index < -0.39 is 5.97 Å². The van der Waals surface area contributed by atoms with E-state index in [1.165, 1.54) is 0 Å². The van der Waals surface area contributed by atoms with Crippen LogP contribution in [0.5, 0.6) is 0 Å². The molecule has 34 heavy (non-hydrogen) atoms. The summed E-state index contributed by atoms with van der Waals surface area (Å²) in [5.74, 6) is -0.681. The molecule has 0 saturated carbocycles. The number of hydrogen-bond acceptors (Lipinski definition) is 3. The minimum absolute atomic E-state index is 0.00106. The Morgan fingerprint density at radius 1 is 0.912 bits per heavy atom. The molecule has 4 rings (SSSR count). The maximum atomic E-state index is 11.2. The number of rotatable bonds is 7. The topological polar surface area (TPSA) is 84.2 Å². The van der Waals surface area contributed by atoms with E-state index in [4.69, 9.17) is 28.3 Å². The van der Waals surface area contributed by atoms with Crippen molar-refractivity contribution in [3.05, 3.63) is 107 Å². The number of hydrogen-bond donors (Lipinski definition) is 2. The first-order valence-corrected chi connectivity index (χ1v) is 11.4. The van der Waals surface area contributed by atoms with Gasteiger partial charge < -0.3 is 10.4 Å². The van der Waals surface area contributed by atoms with E-state index in [1.54, 1.807) is 35.0 Å². The van der Waals surface area contributed by atoms with Gasteiger partial charge in [-0.3, -0.25) is 4.79 Å². The summed E-state index contributed by atoms with van der Waals surface area (Å²) in [6.45, 7) is 0.580. The summed E-state index contributed by atoms with van der Waals surface area (Å²) >= 11 is 11.3. The highest BCUT2D eigenvalue weighted by Gasteiger charge is 2.15. The number of halogens is 2. The molecule has 6 nitrogen and oxygen atoms in total. The summed E-state index contributed by atoms with van der Waals surface area (Å²) < 4.78 is 1.61. The van der Waals surface area contributed by atoms with Crippen molar-refractivity contribution in [3.8, 4) is 16.9 Å². The van der Waals surface area contributed by atoms with E-state index in [2.05, 4.69) is 10.4 Å². The van der Waals surface area contributed by atoms with E-state index in [9.17, 15) is 9.59 Å². The lowest BCUT2D eigenvalue weighted by Crippen LogP contribution is -2.22. The number of nitrogens with one attached hydrogen (secondary N) is 1. The predicted octanol–water partition coefficient (Wildman–Crippen LogP) is 5.82. The molecular weight excluding hydrogens is 473 g/mol. The van der Waals surface area contributed by atoms with Crippen LogP contribution in [0, 0.1) is 0 Å². The van der Waals surface area contributed by atoms with Crippen LogP contribution in [-0.4, -0.2) is 32.6 Å². The van der Waals surface area contributed by atoms with Crippen LogP contribution < -0.4 is 5.32 Å². The number of aromatic nitrogens is 2. The highest BCUT2D eigenvalue weighted by atomic mass is 35.5. The van der Waals surface area contributed by atoms with Gasteiger partial charge in [-0.25, -0.2) is 9.48 Å². The standard InChI is InChI=1S/C16H11ClN2O2.C10H12ClNO/c17-12-6-8-13(9-7-12)19-15(10-14(18-19)16(20)21)11-4-2-1-3-5-11;11-7-6-10(13)12-8-9-4-2-1-3-5-9/h1-10H,(H,20,21);1-5H,6-8H2,(H,12,13). The average Bonchev–Trinajstić information content (AvgIpc) is 3.31. The van der Waals surface area contributed by atoms with Gasteiger partial charge in [-0.15, -0.1) is 11.6 Å². The largest absolute Gasteiger partial charge is 0.476 e. The van der Waals surface area contributed by atoms with Gasteiger partial charge in [0.05, 0.1) is 11.4 Å². The molecule has 0 unspecified atom stereocenters. The first-order valence-electron chi connectivity index (χ1n) is 10.5. The molecule has 1 aromatic heterocycles. The Morgan fingerprint density at radius 3 is 2.12 bits per heavy atom. The summed E-state index contributed by atoms with van der Waals surface area (Å²) in [5.41, 5.74) is 3.47. The fraction of sp³-hybridized carbons (Fsp3) is 0.115. The zero-order valence-corrected chi connectivity index (χ0v) is 19.7. The molecule has 8 heteroatoms. The predicted molar refractivity (Wildman–Crippen MR) is 135 cm³/mol. The Morgan fingerprint density at radius 2 is 1.53 bits per heavy atom. The Balaban J connectivity index is 0.000000215. The number of benzene rings is 3. The SMILES string of the molecule is O=C(CCCl)NCc1ccccc1.O=C(O)c1cc(-c2ccccc2)n(-c2ccc(Cl)cc2)n1. The third-order valence-corrected chi connectivity index (χ3v) is 5.16. The number of carbonyl (C=O) groups excluding carboxylic acids is 1. The molecule has 0 atom stereocenters. The molecule has 0 spiro atoms. The monoisotopic (exact) mass is 495 g/mol. The van der Waals surface area contributed by atoms with Gasteiger partial charge in [0.15, 0.2) is 5.69 Å². The molecule has 2 N–H and O–H groups in total. The van der Waals surface area contributed by atoms with E-state index in [0.717, 1.165) is 22.5 Å². The second-order valence-electron chi connectivity index (χ2n) is 7.18. The van der Waals surface area contributed by atoms with E-state index in [0.29, 0.717) is 23.9 Å².